The molecule has 0 heterocycles. The fraction of sp³-hybridized carbons (Fsp3) is 1.00. The molecule has 6 nitrogen and oxygen atoms in total. The number of aliphatic hydroxyl groups excluding tert-OH is 2. The van der Waals surface area contributed by atoms with Crippen LogP contribution >= 0.6 is 8.25 Å². The monoisotopic (exact) mass is 212 g/mol. The molecule has 0 aliphatic rings. The predicted molar refractivity (Wildman–Crippen MR) is 46.1 cm³/mol. The van der Waals surface area contributed by atoms with Crippen LogP contribution in [0.2, 0.25) is 0 Å². The summed E-state index contributed by atoms with van der Waals surface area (Å²) >= 11 is 0. The molecule has 2 atom stereocenters. The maximum absolute atomic E-state index is 10.3. The predicted octanol–water partition coefficient (Wildman–Crippen LogP) is -0.715. The van der Waals surface area contributed by atoms with Crippen LogP contribution < -0.4 is 0 Å². The summed E-state index contributed by atoms with van der Waals surface area (Å²) in [6, 6.07) is 0. The van der Waals surface area contributed by atoms with Gasteiger partial charge >= 0.3 is 8.25 Å². The Morgan fingerprint density at radius 1 is 1.38 bits per heavy atom. The minimum Gasteiger partial charge on any atom is -0.395 e. The highest BCUT2D eigenvalue weighted by atomic mass is 31.1. The third-order valence-corrected chi connectivity index (χ3v) is 2.02. The highest BCUT2D eigenvalue weighted by molar-refractivity contribution is 7.32. The van der Waals surface area contributed by atoms with Crippen molar-refractivity contribution in [3.05, 3.63) is 0 Å². The van der Waals surface area contributed by atoms with Gasteiger partial charge in [-0.25, -0.2) is 0 Å². The first-order valence-electron chi connectivity index (χ1n) is 3.90. The Labute approximate surface area is 77.7 Å². The van der Waals surface area contributed by atoms with E-state index in [4.69, 9.17) is 15.1 Å². The van der Waals surface area contributed by atoms with Gasteiger partial charge in [0.2, 0.25) is 0 Å². The first kappa shape index (κ1) is 12.9. The van der Waals surface area contributed by atoms with Gasteiger partial charge in [-0.05, 0) is 6.92 Å². The van der Waals surface area contributed by atoms with Gasteiger partial charge < -0.3 is 10.2 Å². The Balaban J connectivity index is 3.93. The van der Waals surface area contributed by atoms with Crippen molar-refractivity contribution in [1.29, 1.82) is 0 Å². The van der Waals surface area contributed by atoms with Gasteiger partial charge in [-0.2, -0.15) is 0 Å². The summed E-state index contributed by atoms with van der Waals surface area (Å²) in [5.41, 5.74) is 0. The zero-order valence-electron chi connectivity index (χ0n) is 7.46. The molecule has 0 aliphatic heterocycles. The average molecular weight is 212 g/mol. The van der Waals surface area contributed by atoms with Gasteiger partial charge in [0.05, 0.1) is 13.2 Å². The summed E-state index contributed by atoms with van der Waals surface area (Å²) in [6.45, 7) is 2.00. The van der Waals surface area contributed by atoms with Crippen molar-refractivity contribution in [2.75, 3.05) is 26.3 Å². The van der Waals surface area contributed by atoms with E-state index in [-0.39, 0.29) is 13.2 Å². The molecule has 3 N–H and O–H groups in total. The molecule has 0 aromatic rings. The van der Waals surface area contributed by atoms with E-state index in [1.165, 1.54) is 0 Å². The summed E-state index contributed by atoms with van der Waals surface area (Å²) in [6.07, 6.45) is -0.590. The molecule has 2 unspecified atom stereocenters. The third kappa shape index (κ3) is 6.04. The van der Waals surface area contributed by atoms with Crippen LogP contribution in [-0.2, 0) is 9.09 Å². The molecule has 0 amide bonds. The van der Waals surface area contributed by atoms with Gasteiger partial charge in [0.15, 0.2) is 6.23 Å². The minimum atomic E-state index is -2.65. The number of aliphatic hydroxyl groups is 2. The highest BCUT2D eigenvalue weighted by Crippen LogP contribution is 2.19. The smallest absolute Gasteiger partial charge is 0.395 e. The molecule has 0 aliphatic carbocycles. The summed E-state index contributed by atoms with van der Waals surface area (Å²) in [7, 11) is -2.65. The molecule has 13 heavy (non-hydrogen) atoms. The zero-order valence-corrected chi connectivity index (χ0v) is 8.35. The van der Waals surface area contributed by atoms with E-state index >= 15 is 0 Å². The molecule has 0 aromatic carbocycles. The quantitative estimate of drug-likeness (QED) is 0.381. The van der Waals surface area contributed by atoms with Crippen molar-refractivity contribution in [2.24, 2.45) is 0 Å². The highest BCUT2D eigenvalue weighted by Gasteiger charge is 2.23. The number of nitrogens with zero attached hydrogens (tertiary/aromatic N) is 1. The zero-order chi connectivity index (χ0) is 10.3. The van der Waals surface area contributed by atoms with Gasteiger partial charge in [-0.3, -0.25) is 4.90 Å². The second kappa shape index (κ2) is 7.32. The van der Waals surface area contributed by atoms with E-state index < -0.39 is 14.5 Å². The maximum Gasteiger partial charge on any atom is 0.696 e. The topological polar surface area (TPSA) is 90.2 Å². The van der Waals surface area contributed by atoms with E-state index in [0.29, 0.717) is 13.1 Å². The van der Waals surface area contributed by atoms with Crippen molar-refractivity contribution < 1.29 is 24.2 Å². The van der Waals surface area contributed by atoms with Crippen LogP contribution in [0.15, 0.2) is 0 Å². The van der Waals surface area contributed by atoms with Crippen LogP contribution in [0.25, 0.3) is 0 Å². The van der Waals surface area contributed by atoms with E-state index in [0.717, 1.165) is 0 Å². The molecular formula is C6H15NO5P+. The third-order valence-electron chi connectivity index (χ3n) is 1.53. The molecule has 0 rings (SSSR count). The van der Waals surface area contributed by atoms with Gasteiger partial charge in [-0.1, -0.05) is 0 Å². The molecule has 0 radical (unpaired) electrons. The largest absolute Gasteiger partial charge is 0.696 e. The Kier molecular flexibility index (Phi) is 7.26. The molecule has 0 saturated carbocycles. The lowest BCUT2D eigenvalue weighted by molar-refractivity contribution is 0.0153. The molecule has 7 heteroatoms. The van der Waals surface area contributed by atoms with Gasteiger partial charge in [-0.15, -0.1) is 9.42 Å². The van der Waals surface area contributed by atoms with E-state index in [1.54, 1.807) is 11.8 Å². The van der Waals surface area contributed by atoms with Crippen LogP contribution in [-0.4, -0.2) is 52.5 Å². The maximum atomic E-state index is 10.3. The summed E-state index contributed by atoms with van der Waals surface area (Å²) in [5, 5.41) is 17.3. The van der Waals surface area contributed by atoms with Crippen LogP contribution in [0, 0.1) is 0 Å². The molecule has 0 aromatic heterocycles. The normalized spacial score (nSPS) is 14.7. The molecule has 78 valence electrons. The Bertz CT molecular complexity index is 150. The minimum absolute atomic E-state index is 0.0874. The standard InChI is InChI=1S/C6H14NO5P/c1-6(12-13(10)11)7(2-4-8)3-5-9/h6,8-9H,2-5H2,1H3/p+1. The Morgan fingerprint density at radius 2 is 1.85 bits per heavy atom. The van der Waals surface area contributed by atoms with Gasteiger partial charge in [0.25, 0.3) is 0 Å². The lowest BCUT2D eigenvalue weighted by Gasteiger charge is -2.22. The van der Waals surface area contributed by atoms with Crippen LogP contribution in [0.4, 0.5) is 0 Å². The second-order valence-corrected chi connectivity index (χ2v) is 3.11. The van der Waals surface area contributed by atoms with Gasteiger partial charge in [0.1, 0.15) is 0 Å². The summed E-state index contributed by atoms with van der Waals surface area (Å²) in [4.78, 5) is 10.0. The molecular weight excluding hydrogens is 197 g/mol. The second-order valence-electron chi connectivity index (χ2n) is 2.43. The van der Waals surface area contributed by atoms with Crippen molar-refractivity contribution in [3.8, 4) is 0 Å². The van der Waals surface area contributed by atoms with E-state index in [1.807, 2.05) is 0 Å². The van der Waals surface area contributed by atoms with Crippen molar-refractivity contribution in [1.82, 2.24) is 4.90 Å². The number of hydrogen-bond acceptors (Lipinski definition) is 5. The molecule has 0 bridgehead atoms. The van der Waals surface area contributed by atoms with Crippen LogP contribution in [0.5, 0.6) is 0 Å². The average Bonchev–Trinajstić information content (AvgIpc) is 2.02. The van der Waals surface area contributed by atoms with Crippen molar-refractivity contribution >= 4 is 8.25 Å². The van der Waals surface area contributed by atoms with Crippen LogP contribution in [0.3, 0.4) is 0 Å². The lowest BCUT2D eigenvalue weighted by atomic mass is 10.4. The van der Waals surface area contributed by atoms with E-state index in [2.05, 4.69) is 4.52 Å². The molecule has 0 fully saturated rings. The Morgan fingerprint density at radius 3 is 2.15 bits per heavy atom. The number of rotatable bonds is 7. The number of hydrogen-bond donors (Lipinski definition) is 3. The van der Waals surface area contributed by atoms with Crippen molar-refractivity contribution in [2.45, 2.75) is 13.2 Å². The SMILES string of the molecule is CC(O[P+](=O)O)N(CCO)CCO. The fourth-order valence-electron chi connectivity index (χ4n) is 0.929. The van der Waals surface area contributed by atoms with E-state index in [9.17, 15) is 4.57 Å². The molecule has 0 spiro atoms. The summed E-state index contributed by atoms with van der Waals surface area (Å²) < 4.78 is 14.9. The van der Waals surface area contributed by atoms with Gasteiger partial charge in [0, 0.05) is 17.7 Å². The molecule has 0 saturated heterocycles. The lowest BCUT2D eigenvalue weighted by Crippen LogP contribution is -2.38. The first-order valence-corrected chi connectivity index (χ1v) is 5.03. The Hall–Kier alpha value is -0.100. The summed E-state index contributed by atoms with van der Waals surface area (Å²) in [5.74, 6) is 0. The fourth-order valence-corrected chi connectivity index (χ4v) is 1.32. The van der Waals surface area contributed by atoms with Crippen molar-refractivity contribution in [3.63, 3.8) is 0 Å². The van der Waals surface area contributed by atoms with Crippen LogP contribution in [0.1, 0.15) is 6.92 Å². The first-order chi connectivity index (χ1) is 6.11.